The van der Waals surface area contributed by atoms with Crippen molar-refractivity contribution in [2.75, 3.05) is 32.8 Å². The van der Waals surface area contributed by atoms with E-state index < -0.39 is 31.1 Å². The molecular weight excluding hydrogens is 590 g/mol. The molecule has 0 amide bonds. The third kappa shape index (κ3) is 16.8. The fraction of sp³-hybridized carbons (Fsp3) is 0.875. The maximum absolute atomic E-state index is 11.4. The molecule has 0 aromatic rings. The van der Waals surface area contributed by atoms with Crippen LogP contribution in [0, 0.1) is 0 Å². The van der Waals surface area contributed by atoms with Crippen LogP contribution in [0.2, 0.25) is 0 Å². The van der Waals surface area contributed by atoms with Gasteiger partial charge >= 0.3 is 17.0 Å². The first-order valence-corrected chi connectivity index (χ1v) is 16.1. The zero-order chi connectivity index (χ0) is 31.7. The lowest BCUT2D eigenvalue weighted by atomic mass is 10.1. The normalized spacial score (nSPS) is 12.9. The Morgan fingerprint density at radius 3 is 1.45 bits per heavy atom. The Morgan fingerprint density at radius 2 is 1.10 bits per heavy atom. The van der Waals surface area contributed by atoms with Crippen molar-refractivity contribution in [1.29, 1.82) is 0 Å². The zero-order valence-electron chi connectivity index (χ0n) is 23.7. The summed E-state index contributed by atoms with van der Waals surface area (Å²) in [6.45, 7) is 18.1. The van der Waals surface area contributed by atoms with Crippen molar-refractivity contribution in [2.24, 2.45) is 0 Å². The summed E-state index contributed by atoms with van der Waals surface area (Å²) in [6.07, 6.45) is 12.7. The monoisotopic (exact) mass is 634 g/mol. The van der Waals surface area contributed by atoms with Crippen molar-refractivity contribution < 1.29 is 57.2 Å². The fourth-order valence-corrected chi connectivity index (χ4v) is 5.61. The van der Waals surface area contributed by atoms with Crippen LogP contribution < -0.4 is 0 Å². The quantitative estimate of drug-likeness (QED) is 0.0501. The number of sulfonamides is 2. The van der Waals surface area contributed by atoms with Gasteiger partial charge in [0.2, 0.25) is 0 Å². The SMILES string of the molecule is C=C(C)C(=O)OCCCCCC[N+](CCC)(CCC)CCCCCC.O=S(=O)([N-]S(=O)(=O)C(F)(F)F)C(F)(F)F. The largest absolute Gasteiger partial charge is 0.480 e. The van der Waals surface area contributed by atoms with Crippen LogP contribution in [0.25, 0.3) is 4.13 Å². The molecule has 0 aliphatic rings. The summed E-state index contributed by atoms with van der Waals surface area (Å²) in [7, 11) is -13.4. The number of alkyl halides is 6. The first-order valence-electron chi connectivity index (χ1n) is 13.3. The van der Waals surface area contributed by atoms with Crippen LogP contribution in [0.5, 0.6) is 0 Å². The Bertz CT molecular complexity index is 904. The number of halogens is 6. The van der Waals surface area contributed by atoms with E-state index in [4.69, 9.17) is 4.74 Å². The second-order valence-corrected chi connectivity index (χ2v) is 13.0. The molecule has 0 aliphatic carbocycles. The minimum atomic E-state index is -6.72. The predicted molar refractivity (Wildman–Crippen MR) is 142 cm³/mol. The molecule has 240 valence electrons. The average molecular weight is 635 g/mol. The molecule has 16 heteroatoms. The first-order chi connectivity index (χ1) is 18.2. The Kier molecular flexibility index (Phi) is 19.3. The van der Waals surface area contributed by atoms with Crippen LogP contribution in [0.3, 0.4) is 0 Å². The van der Waals surface area contributed by atoms with E-state index in [1.807, 2.05) is 0 Å². The van der Waals surface area contributed by atoms with E-state index in [-0.39, 0.29) is 5.97 Å². The molecule has 0 saturated heterocycles. The molecule has 0 spiro atoms. The summed E-state index contributed by atoms with van der Waals surface area (Å²) in [5.74, 6) is -0.256. The van der Waals surface area contributed by atoms with Crippen molar-refractivity contribution in [3.05, 3.63) is 16.3 Å². The van der Waals surface area contributed by atoms with Gasteiger partial charge in [-0.2, -0.15) is 26.3 Å². The minimum absolute atomic E-state index is 0.256. The number of quaternary nitrogens is 1. The van der Waals surface area contributed by atoms with E-state index in [2.05, 4.69) is 27.4 Å². The number of rotatable bonds is 19. The van der Waals surface area contributed by atoms with Gasteiger partial charge in [0.15, 0.2) is 20.0 Å². The number of carbonyl (C=O) groups excluding carboxylic acids is 1. The molecule has 0 aromatic heterocycles. The third-order valence-electron chi connectivity index (χ3n) is 5.77. The Hall–Kier alpha value is -1.39. The van der Waals surface area contributed by atoms with E-state index >= 15 is 0 Å². The number of hydrogen-bond acceptors (Lipinski definition) is 6. The number of esters is 1. The predicted octanol–water partition coefficient (Wildman–Crippen LogP) is 6.94. The van der Waals surface area contributed by atoms with Crippen molar-refractivity contribution in [1.82, 2.24) is 0 Å². The van der Waals surface area contributed by atoms with Gasteiger partial charge in [0.25, 0.3) is 0 Å². The van der Waals surface area contributed by atoms with E-state index in [0.717, 1.165) is 17.0 Å². The molecule has 0 bridgehead atoms. The molecule has 0 radical (unpaired) electrons. The van der Waals surface area contributed by atoms with Crippen LogP contribution >= 0.6 is 0 Å². The number of hydrogen-bond donors (Lipinski definition) is 0. The van der Waals surface area contributed by atoms with Crippen LogP contribution in [0.1, 0.15) is 91.9 Å². The number of carbonyl (C=O) groups is 1. The van der Waals surface area contributed by atoms with Gasteiger partial charge in [-0.3, -0.25) is 0 Å². The van der Waals surface area contributed by atoms with E-state index in [0.29, 0.717) is 12.2 Å². The zero-order valence-corrected chi connectivity index (χ0v) is 25.4. The second-order valence-electron chi connectivity index (χ2n) is 9.54. The lowest BCUT2D eigenvalue weighted by Gasteiger charge is -2.39. The molecule has 8 nitrogen and oxygen atoms in total. The van der Waals surface area contributed by atoms with Crippen molar-refractivity contribution >= 4 is 26.0 Å². The van der Waals surface area contributed by atoms with Gasteiger partial charge in [0.05, 0.1) is 32.8 Å². The maximum Gasteiger partial charge on any atom is 0.480 e. The van der Waals surface area contributed by atoms with Gasteiger partial charge in [-0.15, -0.1) is 0 Å². The molecule has 0 atom stereocenters. The summed E-state index contributed by atoms with van der Waals surface area (Å²) in [4.78, 5) is 11.3. The molecule has 0 unspecified atom stereocenters. The van der Waals surface area contributed by atoms with Crippen LogP contribution in [0.15, 0.2) is 12.2 Å². The number of nitrogens with zero attached hydrogens (tertiary/aromatic N) is 2. The summed E-state index contributed by atoms with van der Waals surface area (Å²) in [6, 6.07) is 0. The van der Waals surface area contributed by atoms with Crippen molar-refractivity contribution in [3.8, 4) is 0 Å². The second kappa shape index (κ2) is 18.9. The number of ether oxygens (including phenoxy) is 1. The molecular formula is C24H44F6N2O6S2. The summed E-state index contributed by atoms with van der Waals surface area (Å²) >= 11 is 0. The van der Waals surface area contributed by atoms with Gasteiger partial charge in [-0.1, -0.05) is 40.2 Å². The van der Waals surface area contributed by atoms with Crippen LogP contribution in [-0.2, 0) is 29.6 Å². The molecule has 0 N–H and O–H groups in total. The molecule has 0 saturated carbocycles. The standard InChI is InChI=1S/C22H44NO2.C2F6NO4S2/c1-6-9-10-13-18-23(16-7-2,17-8-3)19-14-11-12-15-20-25-22(24)21(4)5;3-1(4,5)14(10,11)9-15(12,13)2(6,7)8/h4,6-20H2,1-3,5H3;/q+1;-1. The van der Waals surface area contributed by atoms with Crippen molar-refractivity contribution in [2.45, 2.75) is 103 Å². The topological polar surface area (TPSA) is 109 Å². The highest BCUT2D eigenvalue weighted by atomic mass is 32.3. The highest BCUT2D eigenvalue weighted by Crippen LogP contribution is 2.36. The molecule has 0 aromatic carbocycles. The van der Waals surface area contributed by atoms with Crippen LogP contribution in [-0.4, -0.2) is 71.1 Å². The van der Waals surface area contributed by atoms with E-state index in [9.17, 15) is 48.0 Å². The molecule has 0 fully saturated rings. The maximum atomic E-state index is 11.4. The summed E-state index contributed by atoms with van der Waals surface area (Å²) in [5, 5.41) is 0. The number of unbranched alkanes of at least 4 members (excludes halogenated alkanes) is 6. The molecule has 40 heavy (non-hydrogen) atoms. The van der Waals surface area contributed by atoms with Crippen LogP contribution in [0.4, 0.5) is 26.3 Å². The average Bonchev–Trinajstić information content (AvgIpc) is 2.79. The lowest BCUT2D eigenvalue weighted by Crippen LogP contribution is -2.50. The van der Waals surface area contributed by atoms with E-state index in [1.165, 1.54) is 82.0 Å². The Labute approximate surface area is 235 Å². The Morgan fingerprint density at radius 1 is 0.700 bits per heavy atom. The minimum Gasteiger partial charge on any atom is -0.462 e. The molecule has 0 rings (SSSR count). The lowest BCUT2D eigenvalue weighted by molar-refractivity contribution is -0.928. The van der Waals surface area contributed by atoms with Gasteiger partial charge in [0, 0.05) is 5.57 Å². The van der Waals surface area contributed by atoms with Crippen molar-refractivity contribution in [3.63, 3.8) is 0 Å². The fourth-order valence-electron chi connectivity index (χ4n) is 3.90. The Balaban J connectivity index is 0. The summed E-state index contributed by atoms with van der Waals surface area (Å²) in [5.41, 5.74) is -11.9. The first kappa shape index (κ1) is 40.7. The van der Waals surface area contributed by atoms with Gasteiger partial charge in [-0.25, -0.2) is 21.6 Å². The smallest absolute Gasteiger partial charge is 0.462 e. The highest BCUT2D eigenvalue weighted by molar-refractivity contribution is 8.13. The third-order valence-corrected chi connectivity index (χ3v) is 8.51. The van der Waals surface area contributed by atoms with Gasteiger partial charge < -0.3 is 13.3 Å². The van der Waals surface area contributed by atoms with E-state index in [1.54, 1.807) is 6.92 Å². The molecule has 0 heterocycles. The summed E-state index contributed by atoms with van der Waals surface area (Å²) < 4.78 is 116. The van der Waals surface area contributed by atoms with Gasteiger partial charge in [-0.05, 0) is 58.3 Å². The molecule has 0 aliphatic heterocycles. The highest BCUT2D eigenvalue weighted by Gasteiger charge is 2.46. The van der Waals surface area contributed by atoms with Gasteiger partial charge in [0.1, 0.15) is 0 Å².